The molecule has 1 unspecified atom stereocenters. The molecule has 0 heterocycles. The second kappa shape index (κ2) is 7.78. The van der Waals surface area contributed by atoms with Gasteiger partial charge in [-0.2, -0.15) is 0 Å². The van der Waals surface area contributed by atoms with Crippen LogP contribution in [0.15, 0.2) is 29.2 Å². The first-order valence-corrected chi connectivity index (χ1v) is 9.54. The smallest absolute Gasteiger partial charge is 0.251 e. The molecule has 1 amide bonds. The van der Waals surface area contributed by atoms with E-state index in [9.17, 15) is 13.2 Å². The van der Waals surface area contributed by atoms with Gasteiger partial charge in [0.1, 0.15) is 0 Å². The molecule has 1 aromatic rings. The van der Waals surface area contributed by atoms with Crippen molar-refractivity contribution in [3.8, 4) is 0 Å². The third-order valence-electron chi connectivity index (χ3n) is 3.17. The minimum absolute atomic E-state index is 0.164. The molecule has 0 spiro atoms. The number of sulfone groups is 1. The highest BCUT2D eigenvalue weighted by molar-refractivity contribution is 9.09. The Balaban J connectivity index is 2.73. The summed E-state index contributed by atoms with van der Waals surface area (Å²) in [4.78, 5) is 12.2. The third-order valence-corrected chi connectivity index (χ3v) is 4.74. The Morgan fingerprint density at radius 3 is 2.65 bits per heavy atom. The van der Waals surface area contributed by atoms with Gasteiger partial charge in [-0.3, -0.25) is 4.79 Å². The third kappa shape index (κ3) is 5.25. The van der Waals surface area contributed by atoms with Gasteiger partial charge in [0, 0.05) is 23.7 Å². The van der Waals surface area contributed by atoms with Crippen molar-refractivity contribution in [2.75, 3.05) is 18.1 Å². The highest BCUT2D eigenvalue weighted by atomic mass is 79.9. The van der Waals surface area contributed by atoms with E-state index < -0.39 is 9.84 Å². The predicted octanol–water partition coefficient (Wildman–Crippen LogP) is 2.63. The summed E-state index contributed by atoms with van der Waals surface area (Å²) in [7, 11) is -3.29. The summed E-state index contributed by atoms with van der Waals surface area (Å²) in [5.41, 5.74) is 0.377. The van der Waals surface area contributed by atoms with Gasteiger partial charge in [-0.1, -0.05) is 35.3 Å². The molecular weight excluding hydrogens is 342 g/mol. The zero-order valence-corrected chi connectivity index (χ0v) is 14.1. The first kappa shape index (κ1) is 17.2. The lowest BCUT2D eigenvalue weighted by Gasteiger charge is -2.14. The van der Waals surface area contributed by atoms with Gasteiger partial charge in [0.2, 0.25) is 0 Å². The van der Waals surface area contributed by atoms with Gasteiger partial charge in [-0.15, -0.1) is 0 Å². The average molecular weight is 362 g/mol. The molecule has 0 aromatic heterocycles. The Morgan fingerprint density at radius 2 is 2.10 bits per heavy atom. The molecule has 1 N–H and O–H groups in total. The molecule has 0 saturated carbocycles. The number of nitrogens with one attached hydrogen (secondary N) is 1. The van der Waals surface area contributed by atoms with E-state index in [1.54, 1.807) is 12.1 Å². The number of benzene rings is 1. The van der Waals surface area contributed by atoms with Gasteiger partial charge in [0.15, 0.2) is 9.84 Å². The standard InChI is InChI=1S/C14H20BrNO3S/c1-3-11(7-8-15)10-16-14(17)12-5-4-6-13(9-12)20(2,18)19/h4-6,9,11H,3,7-8,10H2,1-2H3,(H,16,17). The first-order valence-electron chi connectivity index (χ1n) is 6.52. The van der Waals surface area contributed by atoms with Crippen LogP contribution in [0.5, 0.6) is 0 Å². The number of hydrogen-bond acceptors (Lipinski definition) is 3. The van der Waals surface area contributed by atoms with Crippen LogP contribution in [0.3, 0.4) is 0 Å². The molecule has 1 aromatic carbocycles. The van der Waals surface area contributed by atoms with Crippen LogP contribution in [0.1, 0.15) is 30.1 Å². The molecular formula is C14H20BrNO3S. The van der Waals surface area contributed by atoms with E-state index in [2.05, 4.69) is 28.2 Å². The molecule has 1 rings (SSSR count). The van der Waals surface area contributed by atoms with Crippen LogP contribution in [-0.2, 0) is 9.84 Å². The number of carbonyl (C=O) groups excluding carboxylic acids is 1. The van der Waals surface area contributed by atoms with Crippen LogP contribution < -0.4 is 5.32 Å². The molecule has 1 atom stereocenters. The number of hydrogen-bond donors (Lipinski definition) is 1. The molecule has 0 aliphatic rings. The Labute approximate surface area is 129 Å². The summed E-state index contributed by atoms with van der Waals surface area (Å²) < 4.78 is 22.9. The van der Waals surface area contributed by atoms with E-state index >= 15 is 0 Å². The quantitative estimate of drug-likeness (QED) is 0.759. The highest BCUT2D eigenvalue weighted by Crippen LogP contribution is 2.12. The minimum Gasteiger partial charge on any atom is -0.352 e. The van der Waals surface area contributed by atoms with Gasteiger partial charge in [-0.05, 0) is 30.5 Å². The van der Waals surface area contributed by atoms with Crippen LogP contribution in [0, 0.1) is 5.92 Å². The van der Waals surface area contributed by atoms with Crippen molar-refractivity contribution in [3.63, 3.8) is 0 Å². The summed E-state index contributed by atoms with van der Waals surface area (Å²) >= 11 is 3.39. The molecule has 6 heteroatoms. The lowest BCUT2D eigenvalue weighted by molar-refractivity contribution is 0.0946. The number of carbonyl (C=O) groups is 1. The Morgan fingerprint density at radius 1 is 1.40 bits per heavy atom. The lowest BCUT2D eigenvalue weighted by Crippen LogP contribution is -2.29. The van der Waals surface area contributed by atoms with E-state index in [0.29, 0.717) is 18.0 Å². The maximum absolute atomic E-state index is 12.0. The lowest BCUT2D eigenvalue weighted by atomic mass is 10.0. The van der Waals surface area contributed by atoms with E-state index in [1.165, 1.54) is 12.1 Å². The molecule has 0 aliphatic carbocycles. The number of rotatable bonds is 7. The van der Waals surface area contributed by atoms with Crippen LogP contribution in [0.2, 0.25) is 0 Å². The summed E-state index contributed by atoms with van der Waals surface area (Å²) in [6.07, 6.45) is 3.13. The zero-order chi connectivity index (χ0) is 15.2. The van der Waals surface area contributed by atoms with E-state index in [1.807, 2.05) is 0 Å². The maximum atomic E-state index is 12.0. The normalized spacial score (nSPS) is 12.9. The molecule has 0 radical (unpaired) electrons. The van der Waals surface area contributed by atoms with Crippen molar-refractivity contribution >= 4 is 31.7 Å². The molecule has 20 heavy (non-hydrogen) atoms. The van der Waals surface area contributed by atoms with Crippen molar-refractivity contribution in [2.24, 2.45) is 5.92 Å². The van der Waals surface area contributed by atoms with Gasteiger partial charge in [0.05, 0.1) is 4.90 Å². The summed E-state index contributed by atoms with van der Waals surface area (Å²) in [6.45, 7) is 2.69. The second-order valence-electron chi connectivity index (χ2n) is 4.76. The van der Waals surface area contributed by atoms with Gasteiger partial charge in [-0.25, -0.2) is 8.42 Å². The van der Waals surface area contributed by atoms with E-state index in [0.717, 1.165) is 24.4 Å². The largest absolute Gasteiger partial charge is 0.352 e. The molecule has 0 bridgehead atoms. The molecule has 0 aliphatic heterocycles. The van der Waals surface area contributed by atoms with Gasteiger partial charge >= 0.3 is 0 Å². The summed E-state index contributed by atoms with van der Waals surface area (Å²) in [5, 5.41) is 3.77. The van der Waals surface area contributed by atoms with Crippen molar-refractivity contribution in [1.29, 1.82) is 0 Å². The fourth-order valence-corrected chi connectivity index (χ4v) is 3.13. The number of halogens is 1. The van der Waals surface area contributed by atoms with Crippen molar-refractivity contribution in [3.05, 3.63) is 29.8 Å². The fraction of sp³-hybridized carbons (Fsp3) is 0.500. The van der Waals surface area contributed by atoms with Crippen molar-refractivity contribution < 1.29 is 13.2 Å². The number of amides is 1. The van der Waals surface area contributed by atoms with Crippen LogP contribution in [-0.4, -0.2) is 32.5 Å². The van der Waals surface area contributed by atoms with Gasteiger partial charge in [0.25, 0.3) is 5.91 Å². The summed E-state index contributed by atoms with van der Waals surface area (Å²) in [5.74, 6) is 0.194. The number of alkyl halides is 1. The highest BCUT2D eigenvalue weighted by Gasteiger charge is 2.13. The van der Waals surface area contributed by atoms with Gasteiger partial charge < -0.3 is 5.32 Å². The van der Waals surface area contributed by atoms with Crippen LogP contribution in [0.4, 0.5) is 0 Å². The molecule has 0 fully saturated rings. The predicted molar refractivity (Wildman–Crippen MR) is 84.1 cm³/mol. The van der Waals surface area contributed by atoms with Crippen LogP contribution >= 0.6 is 15.9 Å². The maximum Gasteiger partial charge on any atom is 0.251 e. The monoisotopic (exact) mass is 361 g/mol. The van der Waals surface area contributed by atoms with Crippen molar-refractivity contribution in [2.45, 2.75) is 24.7 Å². The molecule has 112 valence electrons. The second-order valence-corrected chi connectivity index (χ2v) is 7.57. The topological polar surface area (TPSA) is 63.2 Å². The van der Waals surface area contributed by atoms with Crippen LogP contribution in [0.25, 0.3) is 0 Å². The Hall–Kier alpha value is -0.880. The Bertz CT molecular complexity index is 557. The first-order chi connectivity index (χ1) is 9.38. The SMILES string of the molecule is CCC(CCBr)CNC(=O)c1cccc(S(C)(=O)=O)c1. The molecule has 4 nitrogen and oxygen atoms in total. The Kier molecular flexibility index (Phi) is 6.68. The summed E-state index contributed by atoms with van der Waals surface area (Å²) in [6, 6.07) is 6.11. The minimum atomic E-state index is -3.29. The average Bonchev–Trinajstić information content (AvgIpc) is 2.42. The fourth-order valence-electron chi connectivity index (χ4n) is 1.81. The van der Waals surface area contributed by atoms with E-state index in [4.69, 9.17) is 0 Å². The molecule has 0 saturated heterocycles. The van der Waals surface area contributed by atoms with Crippen molar-refractivity contribution in [1.82, 2.24) is 5.32 Å². The zero-order valence-electron chi connectivity index (χ0n) is 11.7. The van der Waals surface area contributed by atoms with E-state index in [-0.39, 0.29) is 10.8 Å².